The second-order valence-electron chi connectivity index (χ2n) is 7.78. The van der Waals surface area contributed by atoms with Gasteiger partial charge >= 0.3 is 6.18 Å². The summed E-state index contributed by atoms with van der Waals surface area (Å²) in [5.41, 5.74) is 0.484. The van der Waals surface area contributed by atoms with E-state index in [-0.39, 0.29) is 12.5 Å². The molecule has 2 aromatic carbocycles. The predicted molar refractivity (Wildman–Crippen MR) is 115 cm³/mol. The first-order chi connectivity index (χ1) is 15.2. The summed E-state index contributed by atoms with van der Waals surface area (Å²) in [4.78, 5) is 12.6. The number of nitrogens with one attached hydrogen (secondary N) is 1. The molecule has 0 radical (unpaired) electrons. The lowest BCUT2D eigenvalue weighted by atomic mass is 10.0. The lowest BCUT2D eigenvalue weighted by Crippen LogP contribution is -2.25. The average molecular weight is 441 g/mol. The van der Waals surface area contributed by atoms with Gasteiger partial charge in [0, 0.05) is 18.0 Å². The van der Waals surface area contributed by atoms with Crippen LogP contribution in [0.1, 0.15) is 23.9 Å². The highest BCUT2D eigenvalue weighted by atomic mass is 19.4. The lowest BCUT2D eigenvalue weighted by molar-refractivity contribution is -0.141. The standard InChI is InChI=1S/C23H22F3N5O/c1-15(13-31-16(2)12-20(28-31)23(24,25)26)22(32)27-21-10-11-30(29-21)14-18-8-5-7-17-6-3-4-9-19(17)18/h3-12,15H,13-14H2,1-2H3,(H,27,29,32)/t15-/m1/s1. The van der Waals surface area contributed by atoms with Gasteiger partial charge in [0.25, 0.3) is 0 Å². The smallest absolute Gasteiger partial charge is 0.309 e. The fourth-order valence-corrected chi connectivity index (χ4v) is 3.55. The second kappa shape index (κ2) is 8.49. The van der Waals surface area contributed by atoms with Crippen LogP contribution in [0.5, 0.6) is 0 Å². The monoisotopic (exact) mass is 441 g/mol. The summed E-state index contributed by atoms with van der Waals surface area (Å²) < 4.78 is 41.5. The van der Waals surface area contributed by atoms with Gasteiger partial charge in [0.1, 0.15) is 0 Å². The number of rotatable bonds is 6. The Labute approximate surface area is 182 Å². The van der Waals surface area contributed by atoms with Crippen LogP contribution in [0.15, 0.2) is 60.8 Å². The number of fused-ring (bicyclic) bond motifs is 1. The fraction of sp³-hybridized carbons (Fsp3) is 0.261. The summed E-state index contributed by atoms with van der Waals surface area (Å²) >= 11 is 0. The summed E-state index contributed by atoms with van der Waals surface area (Å²) in [5.74, 6) is -0.558. The highest BCUT2D eigenvalue weighted by Crippen LogP contribution is 2.28. The van der Waals surface area contributed by atoms with Crippen molar-refractivity contribution < 1.29 is 18.0 Å². The third-order valence-corrected chi connectivity index (χ3v) is 5.27. The molecule has 0 aliphatic carbocycles. The van der Waals surface area contributed by atoms with Gasteiger partial charge < -0.3 is 5.32 Å². The molecule has 0 spiro atoms. The summed E-state index contributed by atoms with van der Waals surface area (Å²) in [5, 5.41) is 13.0. The molecule has 32 heavy (non-hydrogen) atoms. The van der Waals surface area contributed by atoms with Crippen molar-refractivity contribution in [3.8, 4) is 0 Å². The molecule has 4 rings (SSSR count). The Bertz CT molecular complexity index is 1250. The van der Waals surface area contributed by atoms with E-state index in [4.69, 9.17) is 0 Å². The summed E-state index contributed by atoms with van der Waals surface area (Å²) in [6.07, 6.45) is -2.74. The first-order valence-electron chi connectivity index (χ1n) is 10.1. The Morgan fingerprint density at radius 1 is 1.09 bits per heavy atom. The predicted octanol–water partition coefficient (Wildman–Crippen LogP) is 4.88. The van der Waals surface area contributed by atoms with Crippen LogP contribution < -0.4 is 5.32 Å². The van der Waals surface area contributed by atoms with Crippen LogP contribution in [0, 0.1) is 12.8 Å². The van der Waals surface area contributed by atoms with Crippen LogP contribution in [-0.4, -0.2) is 25.5 Å². The van der Waals surface area contributed by atoms with E-state index in [1.165, 1.54) is 11.6 Å². The van der Waals surface area contributed by atoms with Crippen LogP contribution in [0.25, 0.3) is 10.8 Å². The third-order valence-electron chi connectivity index (χ3n) is 5.27. The minimum atomic E-state index is -4.52. The quantitative estimate of drug-likeness (QED) is 0.464. The van der Waals surface area contributed by atoms with Crippen LogP contribution in [0.4, 0.5) is 19.0 Å². The number of nitrogens with zero attached hydrogens (tertiary/aromatic N) is 4. The zero-order valence-electron chi connectivity index (χ0n) is 17.6. The van der Waals surface area contributed by atoms with Crippen LogP contribution in [0.3, 0.4) is 0 Å². The van der Waals surface area contributed by atoms with Gasteiger partial charge in [-0.2, -0.15) is 23.4 Å². The number of anilines is 1. The number of aryl methyl sites for hydroxylation is 1. The highest BCUT2D eigenvalue weighted by Gasteiger charge is 2.34. The van der Waals surface area contributed by atoms with E-state index in [0.717, 1.165) is 22.4 Å². The zero-order chi connectivity index (χ0) is 22.9. The molecule has 4 aromatic rings. The third kappa shape index (κ3) is 4.66. The molecule has 1 atom stereocenters. The molecule has 1 amide bonds. The lowest BCUT2D eigenvalue weighted by Gasteiger charge is -2.12. The van der Waals surface area contributed by atoms with Gasteiger partial charge in [0.2, 0.25) is 5.91 Å². The Morgan fingerprint density at radius 3 is 2.59 bits per heavy atom. The minimum absolute atomic E-state index is 0.0322. The molecule has 2 heterocycles. The molecule has 0 aliphatic heterocycles. The molecule has 6 nitrogen and oxygen atoms in total. The molecular weight excluding hydrogens is 419 g/mol. The molecule has 0 saturated carbocycles. The van der Waals surface area contributed by atoms with Crippen molar-refractivity contribution in [3.05, 3.63) is 77.7 Å². The Balaban J connectivity index is 1.41. The maximum absolute atomic E-state index is 12.8. The number of halogens is 3. The number of carbonyl (C=O) groups is 1. The molecule has 0 fully saturated rings. The van der Waals surface area contributed by atoms with E-state index >= 15 is 0 Å². The van der Waals surface area contributed by atoms with Gasteiger partial charge in [-0.3, -0.25) is 14.2 Å². The minimum Gasteiger partial charge on any atom is -0.309 e. The number of carbonyl (C=O) groups excluding carboxylic acids is 1. The number of alkyl halides is 3. The molecule has 9 heteroatoms. The summed E-state index contributed by atoms with van der Waals surface area (Å²) in [6, 6.07) is 16.8. The number of hydrogen-bond donors (Lipinski definition) is 1. The molecule has 1 N–H and O–H groups in total. The number of hydrogen-bond acceptors (Lipinski definition) is 3. The average Bonchev–Trinajstić information content (AvgIpc) is 3.34. The van der Waals surface area contributed by atoms with Crippen molar-refractivity contribution in [1.29, 1.82) is 0 Å². The van der Waals surface area contributed by atoms with Crippen molar-refractivity contribution in [3.63, 3.8) is 0 Å². The van der Waals surface area contributed by atoms with Crippen LogP contribution in [-0.2, 0) is 24.1 Å². The second-order valence-corrected chi connectivity index (χ2v) is 7.78. The van der Waals surface area contributed by atoms with Crippen molar-refractivity contribution in [1.82, 2.24) is 19.6 Å². The maximum Gasteiger partial charge on any atom is 0.435 e. The maximum atomic E-state index is 12.8. The molecule has 0 aliphatic rings. The number of benzene rings is 2. The molecule has 166 valence electrons. The largest absolute Gasteiger partial charge is 0.435 e. The topological polar surface area (TPSA) is 64.7 Å². The Morgan fingerprint density at radius 2 is 1.84 bits per heavy atom. The first-order valence-corrected chi connectivity index (χ1v) is 10.1. The molecule has 0 saturated heterocycles. The molecule has 0 unspecified atom stereocenters. The van der Waals surface area contributed by atoms with Gasteiger partial charge in [-0.05, 0) is 29.3 Å². The Hall–Kier alpha value is -3.62. The summed E-state index contributed by atoms with van der Waals surface area (Å²) in [6.45, 7) is 3.74. The highest BCUT2D eigenvalue weighted by molar-refractivity contribution is 5.91. The van der Waals surface area contributed by atoms with Crippen molar-refractivity contribution in [2.75, 3.05) is 5.32 Å². The van der Waals surface area contributed by atoms with E-state index in [0.29, 0.717) is 18.1 Å². The SMILES string of the molecule is Cc1cc(C(F)(F)F)nn1C[C@@H](C)C(=O)Nc1ccn(Cc2cccc3ccccc23)n1. The normalized spacial score (nSPS) is 12.8. The van der Waals surface area contributed by atoms with E-state index in [2.05, 4.69) is 21.6 Å². The van der Waals surface area contributed by atoms with E-state index in [9.17, 15) is 18.0 Å². The number of aromatic nitrogens is 4. The Kier molecular flexibility index (Phi) is 5.73. The fourth-order valence-electron chi connectivity index (χ4n) is 3.55. The van der Waals surface area contributed by atoms with Gasteiger partial charge in [0.15, 0.2) is 11.5 Å². The van der Waals surface area contributed by atoms with Crippen molar-refractivity contribution in [2.45, 2.75) is 33.1 Å². The van der Waals surface area contributed by atoms with Gasteiger partial charge in [-0.15, -0.1) is 0 Å². The van der Waals surface area contributed by atoms with Gasteiger partial charge in [-0.1, -0.05) is 49.4 Å². The van der Waals surface area contributed by atoms with Crippen molar-refractivity contribution in [2.24, 2.45) is 5.92 Å². The van der Waals surface area contributed by atoms with Gasteiger partial charge in [0.05, 0.1) is 19.0 Å². The van der Waals surface area contributed by atoms with Gasteiger partial charge in [-0.25, -0.2) is 0 Å². The molecule has 2 aromatic heterocycles. The van der Waals surface area contributed by atoms with Crippen LogP contribution >= 0.6 is 0 Å². The number of amides is 1. The molecular formula is C23H22F3N5O. The van der Waals surface area contributed by atoms with E-state index in [1.807, 2.05) is 36.4 Å². The zero-order valence-corrected chi connectivity index (χ0v) is 17.6. The van der Waals surface area contributed by atoms with E-state index < -0.39 is 17.8 Å². The first kappa shape index (κ1) is 21.6. The summed E-state index contributed by atoms with van der Waals surface area (Å²) in [7, 11) is 0. The van der Waals surface area contributed by atoms with E-state index in [1.54, 1.807) is 23.9 Å². The molecule has 0 bridgehead atoms. The van der Waals surface area contributed by atoms with Crippen molar-refractivity contribution >= 4 is 22.5 Å². The van der Waals surface area contributed by atoms with Crippen LogP contribution in [0.2, 0.25) is 0 Å².